The van der Waals surface area contributed by atoms with Gasteiger partial charge < -0.3 is 14.1 Å². The molecule has 3 amide bonds. The van der Waals surface area contributed by atoms with Gasteiger partial charge in [0, 0.05) is 12.5 Å². The molecule has 1 fully saturated rings. The van der Waals surface area contributed by atoms with E-state index in [4.69, 9.17) is 9.16 Å². The van der Waals surface area contributed by atoms with E-state index in [-0.39, 0.29) is 17.2 Å². The molecular formula is C37H42N2O6SSi. The minimum Gasteiger partial charge on any atom is -0.451 e. The monoisotopic (exact) mass is 670 g/mol. The van der Waals surface area contributed by atoms with E-state index in [0.717, 1.165) is 27.4 Å². The van der Waals surface area contributed by atoms with E-state index in [2.05, 4.69) is 40.4 Å². The van der Waals surface area contributed by atoms with Crippen LogP contribution in [0.1, 0.15) is 65.6 Å². The number of fused-ring (bicyclic) bond motifs is 1. The largest absolute Gasteiger partial charge is 0.451 e. The Kier molecular flexibility index (Phi) is 10.2. The fraction of sp³-hybridized carbons (Fsp3) is 0.351. The van der Waals surface area contributed by atoms with E-state index in [1.807, 2.05) is 60.7 Å². The van der Waals surface area contributed by atoms with Crippen molar-refractivity contribution in [1.82, 2.24) is 9.21 Å². The Morgan fingerprint density at radius 1 is 0.872 bits per heavy atom. The van der Waals surface area contributed by atoms with Crippen LogP contribution in [0.25, 0.3) is 0 Å². The highest BCUT2D eigenvalue weighted by Gasteiger charge is 2.59. The maximum absolute atomic E-state index is 14.4. The summed E-state index contributed by atoms with van der Waals surface area (Å²) in [5, 5.41) is -0.743. The van der Waals surface area contributed by atoms with E-state index in [0.29, 0.717) is 23.3 Å². The summed E-state index contributed by atoms with van der Waals surface area (Å²) in [7, 11) is -1.44. The molecule has 47 heavy (non-hydrogen) atoms. The van der Waals surface area contributed by atoms with Crippen molar-refractivity contribution in [3.05, 3.63) is 119 Å². The molecule has 1 saturated heterocycles. The van der Waals surface area contributed by atoms with Gasteiger partial charge in [0.15, 0.2) is 21.2 Å². The van der Waals surface area contributed by atoms with Crippen LogP contribution >= 0.6 is 11.9 Å². The van der Waals surface area contributed by atoms with Crippen molar-refractivity contribution in [3.8, 4) is 0 Å². The lowest BCUT2D eigenvalue weighted by Gasteiger charge is -2.54. The van der Waals surface area contributed by atoms with Crippen LogP contribution in [0, 0.1) is 17.3 Å². The van der Waals surface area contributed by atoms with Crippen LogP contribution in [0.2, 0.25) is 13.1 Å². The number of hydrogen-bond acceptors (Lipinski definition) is 7. The predicted molar refractivity (Wildman–Crippen MR) is 186 cm³/mol. The van der Waals surface area contributed by atoms with Gasteiger partial charge in [0.1, 0.15) is 5.37 Å². The third-order valence-corrected chi connectivity index (χ3v) is 10.8. The molecule has 0 spiro atoms. The Hall–Kier alpha value is -3.99. The number of carbonyl (C=O) groups excluding carboxylic acids is 4. The van der Waals surface area contributed by atoms with Crippen LogP contribution in [0.5, 0.6) is 0 Å². The van der Waals surface area contributed by atoms with Gasteiger partial charge in [-0.15, -0.1) is 0 Å². The Morgan fingerprint density at radius 3 is 1.81 bits per heavy atom. The number of benzene rings is 3. The smallest absolute Gasteiger partial charge is 0.334 e. The molecule has 246 valence electrons. The number of β-lactam (4-membered cyclic amide) rings is 1. The summed E-state index contributed by atoms with van der Waals surface area (Å²) < 4.78 is 13.5. The van der Waals surface area contributed by atoms with Gasteiger partial charge >= 0.3 is 5.97 Å². The van der Waals surface area contributed by atoms with Crippen molar-refractivity contribution >= 4 is 44.7 Å². The van der Waals surface area contributed by atoms with E-state index >= 15 is 0 Å². The number of amides is 3. The van der Waals surface area contributed by atoms with Gasteiger partial charge in [-0.1, -0.05) is 100 Å². The highest BCUT2D eigenvalue weighted by Crippen LogP contribution is 2.50. The Balaban J connectivity index is 1.52. The van der Waals surface area contributed by atoms with E-state index in [1.54, 1.807) is 31.2 Å². The summed E-state index contributed by atoms with van der Waals surface area (Å²) in [5.74, 6) is -2.70. The van der Waals surface area contributed by atoms with Crippen molar-refractivity contribution in [2.75, 3.05) is 6.61 Å². The second kappa shape index (κ2) is 14.0. The summed E-state index contributed by atoms with van der Waals surface area (Å²) in [6.07, 6.45) is -0.729. The average Bonchev–Trinajstić information content (AvgIpc) is 3.28. The summed E-state index contributed by atoms with van der Waals surface area (Å²) in [5.41, 5.74) is 2.23. The second-order valence-electron chi connectivity index (χ2n) is 13.5. The molecule has 2 aliphatic rings. The average molecular weight is 671 g/mol. The van der Waals surface area contributed by atoms with Crippen molar-refractivity contribution in [1.29, 1.82) is 0 Å². The molecule has 2 aliphatic heterocycles. The zero-order valence-corrected chi connectivity index (χ0v) is 29.7. The van der Waals surface area contributed by atoms with Crippen LogP contribution in [0.15, 0.2) is 97.1 Å². The Bertz CT molecular complexity index is 1580. The Labute approximate surface area is 283 Å². The first-order chi connectivity index (χ1) is 22.3. The fourth-order valence-electron chi connectivity index (χ4n) is 6.15. The number of rotatable bonds is 12. The summed E-state index contributed by atoms with van der Waals surface area (Å²) >= 11 is 0.986. The number of carbonyl (C=O) groups is 4. The molecule has 0 saturated carbocycles. The minimum absolute atomic E-state index is 0.253. The molecule has 3 aromatic carbocycles. The van der Waals surface area contributed by atoms with Gasteiger partial charge in [-0.3, -0.25) is 14.4 Å². The van der Waals surface area contributed by atoms with Crippen LogP contribution in [-0.4, -0.2) is 60.0 Å². The van der Waals surface area contributed by atoms with Gasteiger partial charge in [0.25, 0.3) is 11.8 Å². The van der Waals surface area contributed by atoms with Crippen molar-refractivity contribution in [2.45, 2.75) is 58.3 Å². The number of esters is 1. The number of nitrogens with zero attached hydrogens (tertiary/aromatic N) is 2. The fourth-order valence-corrected chi connectivity index (χ4v) is 8.11. The molecule has 10 heteroatoms. The lowest BCUT2D eigenvalue weighted by atomic mass is 9.69. The second-order valence-corrected chi connectivity index (χ2v) is 16.9. The van der Waals surface area contributed by atoms with Gasteiger partial charge in [0.05, 0.1) is 17.0 Å². The SMILES string of the molecule is C=C(C)C(C(=O)OC(c1ccccc1)c1ccccc1)N1C(=O)[C@H]([C@@H](CO[SiH](C)C)C(C)(C)C)[C@H]1SN1C(=O)c2ccccc2C1=O. The molecule has 0 aromatic heterocycles. The first kappa shape index (κ1) is 34.3. The molecule has 8 nitrogen and oxygen atoms in total. The standard InChI is InChI=1S/C37H42N2O6SSi/c1-23(2)30(36(43)45-31(24-16-10-8-11-17-24)25-18-12-9-13-19-25)38-34(42)29(28(37(3,4)5)22-44-47(6)7)35(38)46-39-32(40)26-20-14-15-21-27(26)33(39)41/h8-21,28-31,35,47H,1,22H2,2-7H3/t28-,29+,30?,35-/m1/s1. The van der Waals surface area contributed by atoms with Gasteiger partial charge in [-0.05, 0) is 66.2 Å². The lowest BCUT2D eigenvalue weighted by molar-refractivity contribution is -0.172. The van der Waals surface area contributed by atoms with Gasteiger partial charge in [-0.25, -0.2) is 9.10 Å². The third-order valence-electron chi connectivity index (χ3n) is 8.65. The number of likely N-dealkylation sites (tertiary alicyclic amines) is 1. The topological polar surface area (TPSA) is 93.2 Å². The van der Waals surface area contributed by atoms with Crippen molar-refractivity contribution in [3.63, 3.8) is 0 Å². The normalized spacial score (nSPS) is 19.1. The Morgan fingerprint density at radius 2 is 1.36 bits per heavy atom. The first-order valence-electron chi connectivity index (χ1n) is 15.9. The molecule has 3 aromatic rings. The van der Waals surface area contributed by atoms with E-state index < -0.39 is 50.3 Å². The van der Waals surface area contributed by atoms with Gasteiger partial charge in [0.2, 0.25) is 5.91 Å². The van der Waals surface area contributed by atoms with Gasteiger partial charge in [-0.2, -0.15) is 0 Å². The maximum atomic E-state index is 14.4. The molecule has 5 rings (SSSR count). The van der Waals surface area contributed by atoms with Crippen LogP contribution in [0.4, 0.5) is 0 Å². The molecule has 2 heterocycles. The maximum Gasteiger partial charge on any atom is 0.334 e. The zero-order chi connectivity index (χ0) is 34.0. The van der Waals surface area contributed by atoms with Crippen molar-refractivity contribution < 1.29 is 28.3 Å². The molecule has 1 unspecified atom stereocenters. The summed E-state index contributed by atoms with van der Waals surface area (Å²) in [6, 6.07) is 24.4. The summed E-state index contributed by atoms with van der Waals surface area (Å²) in [6.45, 7) is 16.4. The highest BCUT2D eigenvalue weighted by atomic mass is 32.2. The third kappa shape index (κ3) is 7.00. The first-order valence-corrected chi connectivity index (χ1v) is 19.5. The highest BCUT2D eigenvalue weighted by molar-refractivity contribution is 7.98. The lowest BCUT2D eigenvalue weighted by Crippen LogP contribution is -2.69. The van der Waals surface area contributed by atoms with E-state index in [1.165, 1.54) is 4.90 Å². The quantitative estimate of drug-likeness (QED) is 0.0532. The van der Waals surface area contributed by atoms with Crippen LogP contribution in [-0.2, 0) is 18.8 Å². The van der Waals surface area contributed by atoms with Crippen molar-refractivity contribution in [2.24, 2.45) is 17.3 Å². The minimum atomic E-state index is -1.44. The molecular weight excluding hydrogens is 629 g/mol. The predicted octanol–water partition coefficient (Wildman–Crippen LogP) is 6.66. The van der Waals surface area contributed by atoms with Crippen LogP contribution < -0.4 is 0 Å². The zero-order valence-electron chi connectivity index (χ0n) is 27.7. The molecule has 4 atom stereocenters. The molecule has 0 radical (unpaired) electrons. The number of imide groups is 1. The number of ether oxygens (including phenoxy) is 1. The molecule has 0 bridgehead atoms. The molecule has 0 N–H and O–H groups in total. The van der Waals surface area contributed by atoms with Crippen LogP contribution in [0.3, 0.4) is 0 Å². The van der Waals surface area contributed by atoms with E-state index in [9.17, 15) is 19.2 Å². The summed E-state index contributed by atoms with van der Waals surface area (Å²) in [4.78, 5) is 57.1. The molecule has 0 aliphatic carbocycles. The number of hydrogen-bond donors (Lipinski definition) is 0.